The maximum absolute atomic E-state index is 5.13. The number of hydrogen-bond acceptors (Lipinski definition) is 2. The first-order chi connectivity index (χ1) is 5.93. The number of methoxy groups -OCH3 is 2. The predicted octanol–water partition coefficient (Wildman–Crippen LogP) is 2.64. The van der Waals surface area contributed by atoms with Crippen molar-refractivity contribution in [3.63, 3.8) is 0 Å². The van der Waals surface area contributed by atoms with Crippen LogP contribution in [-0.4, -0.2) is 27.4 Å². The van der Waals surface area contributed by atoms with Crippen LogP contribution >= 0.6 is 0 Å². The van der Waals surface area contributed by atoms with Gasteiger partial charge in [-0.1, -0.05) is 26.3 Å². The maximum atomic E-state index is 5.13. The van der Waals surface area contributed by atoms with Crippen molar-refractivity contribution < 1.29 is 9.47 Å². The summed E-state index contributed by atoms with van der Waals surface area (Å²) in [5.41, 5.74) is 2.81. The topological polar surface area (TPSA) is 18.5 Å². The van der Waals surface area contributed by atoms with Gasteiger partial charge in [0, 0.05) is 14.2 Å². The third-order valence-corrected chi connectivity index (χ3v) is 2.29. The Bertz CT molecular complexity index is 167. The Morgan fingerprint density at radius 1 is 1.00 bits per heavy atom. The molecule has 0 aliphatic carbocycles. The van der Waals surface area contributed by atoms with Gasteiger partial charge in [-0.05, 0) is 17.9 Å². The van der Waals surface area contributed by atoms with Crippen molar-refractivity contribution in [3.05, 3.63) is 11.1 Å². The normalized spacial score (nSPS) is 11.5. The molecule has 13 heavy (non-hydrogen) atoms. The van der Waals surface area contributed by atoms with Gasteiger partial charge in [-0.25, -0.2) is 0 Å². The molecular weight excluding hydrogens is 164 g/mol. The quantitative estimate of drug-likeness (QED) is 0.628. The zero-order valence-corrected chi connectivity index (χ0v) is 9.73. The van der Waals surface area contributed by atoms with Crippen molar-refractivity contribution in [1.29, 1.82) is 0 Å². The van der Waals surface area contributed by atoms with E-state index in [1.54, 1.807) is 14.2 Å². The monoisotopic (exact) mass is 186 g/mol. The standard InChI is InChI=1S/C11H22O2/c1-9(11(2,3)4)10(7-12-5)8-13-6/h7-8H2,1-6H3. The second-order valence-corrected chi connectivity index (χ2v) is 4.34. The van der Waals surface area contributed by atoms with Crippen LogP contribution in [0.2, 0.25) is 0 Å². The predicted molar refractivity (Wildman–Crippen MR) is 55.9 cm³/mol. The summed E-state index contributed by atoms with van der Waals surface area (Å²) in [4.78, 5) is 0. The Kier molecular flexibility index (Phi) is 5.26. The largest absolute Gasteiger partial charge is 0.380 e. The molecule has 0 aromatic heterocycles. The molecule has 0 aliphatic heterocycles. The van der Waals surface area contributed by atoms with Gasteiger partial charge in [0.05, 0.1) is 13.2 Å². The highest BCUT2D eigenvalue weighted by molar-refractivity contribution is 5.18. The van der Waals surface area contributed by atoms with Crippen LogP contribution in [0, 0.1) is 5.41 Å². The average Bonchev–Trinajstić information content (AvgIpc) is 2.01. The summed E-state index contributed by atoms with van der Waals surface area (Å²) in [5, 5.41) is 0. The summed E-state index contributed by atoms with van der Waals surface area (Å²) in [5.74, 6) is 0. The first kappa shape index (κ1) is 12.7. The Balaban J connectivity index is 4.63. The Labute approximate surface area is 81.9 Å². The van der Waals surface area contributed by atoms with E-state index in [9.17, 15) is 0 Å². The third kappa shape index (κ3) is 4.44. The highest BCUT2D eigenvalue weighted by atomic mass is 16.5. The molecule has 0 N–H and O–H groups in total. The van der Waals surface area contributed by atoms with Crippen LogP contribution in [0.1, 0.15) is 27.7 Å². The minimum Gasteiger partial charge on any atom is -0.380 e. The summed E-state index contributed by atoms with van der Waals surface area (Å²) in [6, 6.07) is 0. The van der Waals surface area contributed by atoms with E-state index in [1.807, 2.05) is 0 Å². The third-order valence-electron chi connectivity index (χ3n) is 2.29. The molecule has 0 unspecified atom stereocenters. The van der Waals surface area contributed by atoms with Gasteiger partial charge in [-0.15, -0.1) is 0 Å². The van der Waals surface area contributed by atoms with Crippen molar-refractivity contribution >= 4 is 0 Å². The molecule has 2 heteroatoms. The molecule has 0 heterocycles. The smallest absolute Gasteiger partial charge is 0.0697 e. The van der Waals surface area contributed by atoms with Gasteiger partial charge < -0.3 is 9.47 Å². The summed E-state index contributed by atoms with van der Waals surface area (Å²) in [6.07, 6.45) is 0. The van der Waals surface area contributed by atoms with E-state index >= 15 is 0 Å². The van der Waals surface area contributed by atoms with E-state index in [4.69, 9.17) is 9.47 Å². The zero-order chi connectivity index (χ0) is 10.5. The van der Waals surface area contributed by atoms with Crippen LogP contribution in [0.15, 0.2) is 11.1 Å². The lowest BCUT2D eigenvalue weighted by atomic mass is 9.84. The summed E-state index contributed by atoms with van der Waals surface area (Å²) >= 11 is 0. The number of rotatable bonds is 4. The van der Waals surface area contributed by atoms with E-state index in [0.29, 0.717) is 13.2 Å². The van der Waals surface area contributed by atoms with Crippen molar-refractivity contribution in [2.24, 2.45) is 5.41 Å². The fourth-order valence-electron chi connectivity index (χ4n) is 1.14. The van der Waals surface area contributed by atoms with Crippen LogP contribution < -0.4 is 0 Å². The van der Waals surface area contributed by atoms with E-state index < -0.39 is 0 Å². The maximum Gasteiger partial charge on any atom is 0.0697 e. The van der Waals surface area contributed by atoms with Gasteiger partial charge in [0.1, 0.15) is 0 Å². The average molecular weight is 186 g/mol. The van der Waals surface area contributed by atoms with Crippen LogP contribution in [0.5, 0.6) is 0 Å². The zero-order valence-electron chi connectivity index (χ0n) is 9.73. The molecule has 0 amide bonds. The fourth-order valence-corrected chi connectivity index (χ4v) is 1.14. The van der Waals surface area contributed by atoms with Gasteiger partial charge in [0.2, 0.25) is 0 Å². The lowest BCUT2D eigenvalue weighted by Crippen LogP contribution is -2.14. The molecule has 0 spiro atoms. The molecule has 0 radical (unpaired) electrons. The second kappa shape index (κ2) is 5.40. The van der Waals surface area contributed by atoms with Gasteiger partial charge >= 0.3 is 0 Å². The molecule has 0 rings (SSSR count). The minimum absolute atomic E-state index is 0.201. The Morgan fingerprint density at radius 3 is 1.62 bits per heavy atom. The molecule has 0 aliphatic rings. The van der Waals surface area contributed by atoms with Crippen LogP contribution in [0.25, 0.3) is 0 Å². The summed E-state index contributed by atoms with van der Waals surface area (Å²) in [6.45, 7) is 10.1. The fraction of sp³-hybridized carbons (Fsp3) is 0.818. The molecule has 0 aromatic carbocycles. The molecule has 0 saturated heterocycles. The molecule has 2 nitrogen and oxygen atoms in total. The van der Waals surface area contributed by atoms with Crippen molar-refractivity contribution in [2.45, 2.75) is 27.7 Å². The van der Waals surface area contributed by atoms with Crippen LogP contribution in [-0.2, 0) is 9.47 Å². The number of ether oxygens (including phenoxy) is 2. The van der Waals surface area contributed by atoms with Crippen LogP contribution in [0.3, 0.4) is 0 Å². The lowest BCUT2D eigenvalue weighted by molar-refractivity contribution is 0.178. The molecule has 0 atom stereocenters. The summed E-state index contributed by atoms with van der Waals surface area (Å²) < 4.78 is 10.3. The Morgan fingerprint density at radius 2 is 1.38 bits per heavy atom. The van der Waals surface area contributed by atoms with E-state index in [0.717, 1.165) is 0 Å². The van der Waals surface area contributed by atoms with Crippen molar-refractivity contribution in [2.75, 3.05) is 27.4 Å². The van der Waals surface area contributed by atoms with Gasteiger partial charge in [0.25, 0.3) is 0 Å². The van der Waals surface area contributed by atoms with E-state index in [2.05, 4.69) is 27.7 Å². The first-order valence-electron chi connectivity index (χ1n) is 4.60. The van der Waals surface area contributed by atoms with Crippen LogP contribution in [0.4, 0.5) is 0 Å². The molecule has 0 saturated carbocycles. The molecular formula is C11H22O2. The molecule has 0 fully saturated rings. The first-order valence-corrected chi connectivity index (χ1v) is 4.60. The SMILES string of the molecule is COCC(COC)=C(C)C(C)(C)C. The van der Waals surface area contributed by atoms with Crippen molar-refractivity contribution in [1.82, 2.24) is 0 Å². The minimum atomic E-state index is 0.201. The molecule has 0 aromatic rings. The van der Waals surface area contributed by atoms with Gasteiger partial charge in [-0.2, -0.15) is 0 Å². The number of hydrogen-bond donors (Lipinski definition) is 0. The number of allylic oxidation sites excluding steroid dienone is 1. The van der Waals surface area contributed by atoms with Crippen molar-refractivity contribution in [3.8, 4) is 0 Å². The highest BCUT2D eigenvalue weighted by Gasteiger charge is 2.16. The Hall–Kier alpha value is -0.340. The van der Waals surface area contributed by atoms with E-state index in [-0.39, 0.29) is 5.41 Å². The summed E-state index contributed by atoms with van der Waals surface area (Å²) in [7, 11) is 3.43. The van der Waals surface area contributed by atoms with Gasteiger partial charge in [0.15, 0.2) is 0 Å². The molecule has 0 bridgehead atoms. The van der Waals surface area contributed by atoms with E-state index in [1.165, 1.54) is 11.1 Å². The lowest BCUT2D eigenvalue weighted by Gasteiger charge is -2.23. The molecule has 78 valence electrons. The van der Waals surface area contributed by atoms with Gasteiger partial charge in [-0.3, -0.25) is 0 Å². The second-order valence-electron chi connectivity index (χ2n) is 4.34. The highest BCUT2D eigenvalue weighted by Crippen LogP contribution is 2.27.